The molecule has 3 N–H and O–H groups in total. The Kier molecular flexibility index (Phi) is 5.41. The van der Waals surface area contributed by atoms with E-state index in [2.05, 4.69) is 4.98 Å². The van der Waals surface area contributed by atoms with E-state index in [1.54, 1.807) is 4.90 Å². The van der Waals surface area contributed by atoms with E-state index in [9.17, 15) is 23.5 Å². The van der Waals surface area contributed by atoms with E-state index in [4.69, 9.17) is 5.73 Å². The molecule has 1 saturated heterocycles. The number of benzene rings is 1. The highest BCUT2D eigenvalue weighted by Crippen LogP contribution is 2.29. The SMILES string of the molecule is CC1CN(c2nc3c(cc2F)c(=O)c(C(=O)O)cn3-c2ccc(F)cc2F)CC(C)C1N. The molecule has 1 fully saturated rings. The van der Waals surface area contributed by atoms with Crippen LogP contribution in [-0.2, 0) is 0 Å². The molecule has 4 rings (SSSR count). The lowest BCUT2D eigenvalue weighted by atomic mass is 9.86. The molecule has 3 aromatic rings. The molecule has 2 unspecified atom stereocenters. The third kappa shape index (κ3) is 3.60. The van der Waals surface area contributed by atoms with Crippen LogP contribution in [0.4, 0.5) is 19.0 Å². The third-order valence-corrected chi connectivity index (χ3v) is 5.94. The summed E-state index contributed by atoms with van der Waals surface area (Å²) in [6.07, 6.45) is 0.912. The van der Waals surface area contributed by atoms with E-state index in [1.165, 1.54) is 0 Å². The Morgan fingerprint density at radius 2 is 1.78 bits per heavy atom. The number of fused-ring (bicyclic) bond motifs is 1. The number of carboxylic acids is 1. The molecule has 1 aliphatic rings. The minimum atomic E-state index is -1.56. The van der Waals surface area contributed by atoms with Crippen LogP contribution in [0.2, 0.25) is 0 Å². The number of nitrogens with zero attached hydrogens (tertiary/aromatic N) is 3. The molecule has 0 amide bonds. The van der Waals surface area contributed by atoms with Crippen LogP contribution in [0.1, 0.15) is 24.2 Å². The van der Waals surface area contributed by atoms with Crippen LogP contribution >= 0.6 is 0 Å². The number of hydrogen-bond donors (Lipinski definition) is 2. The summed E-state index contributed by atoms with van der Waals surface area (Å²) in [7, 11) is 0. The highest BCUT2D eigenvalue weighted by Gasteiger charge is 2.32. The summed E-state index contributed by atoms with van der Waals surface area (Å²) in [5.74, 6) is -4.17. The Morgan fingerprint density at radius 1 is 1.12 bits per heavy atom. The molecule has 1 aliphatic heterocycles. The molecule has 2 atom stereocenters. The summed E-state index contributed by atoms with van der Waals surface area (Å²) in [5, 5.41) is 9.09. The quantitative estimate of drug-likeness (QED) is 0.642. The van der Waals surface area contributed by atoms with Crippen LogP contribution in [0.5, 0.6) is 0 Å². The van der Waals surface area contributed by atoms with Gasteiger partial charge >= 0.3 is 5.97 Å². The standard InChI is InChI=1S/C22H21F3N4O3/c1-10-7-28(8-11(2)18(10)26)21-16(25)6-13-19(30)14(22(31)32)9-29(20(13)27-21)17-4-3-12(23)5-15(17)24/h3-6,9-11,18H,7-8,26H2,1-2H3,(H,31,32). The fraction of sp³-hybridized carbons (Fsp3) is 0.318. The number of rotatable bonds is 3. The predicted molar refractivity (Wildman–Crippen MR) is 113 cm³/mol. The second kappa shape index (κ2) is 7.94. The predicted octanol–water partition coefficient (Wildman–Crippen LogP) is 2.92. The molecule has 3 heterocycles. The smallest absolute Gasteiger partial charge is 0.341 e. The maximum atomic E-state index is 15.1. The minimum Gasteiger partial charge on any atom is -0.477 e. The summed E-state index contributed by atoms with van der Waals surface area (Å²) in [6.45, 7) is 4.72. The topological polar surface area (TPSA) is 101 Å². The number of aromatic nitrogens is 2. The Hall–Kier alpha value is -3.40. The molecular weight excluding hydrogens is 425 g/mol. The van der Waals surface area contributed by atoms with Gasteiger partial charge in [0.05, 0.1) is 11.1 Å². The zero-order valence-corrected chi connectivity index (χ0v) is 17.3. The summed E-state index contributed by atoms with van der Waals surface area (Å²) >= 11 is 0. The van der Waals surface area contributed by atoms with Crippen molar-refractivity contribution >= 4 is 22.8 Å². The van der Waals surface area contributed by atoms with Crippen LogP contribution in [0.15, 0.2) is 35.3 Å². The van der Waals surface area contributed by atoms with Gasteiger partial charge in [-0.25, -0.2) is 22.9 Å². The average molecular weight is 446 g/mol. The van der Waals surface area contributed by atoms with Gasteiger partial charge in [0, 0.05) is 31.4 Å². The van der Waals surface area contributed by atoms with Crippen molar-refractivity contribution in [2.24, 2.45) is 17.6 Å². The number of carboxylic acid groups (broad SMARTS) is 1. The van der Waals surface area contributed by atoms with Gasteiger partial charge in [-0.1, -0.05) is 13.8 Å². The van der Waals surface area contributed by atoms with Crippen LogP contribution < -0.4 is 16.1 Å². The molecule has 2 aromatic heterocycles. The molecule has 0 saturated carbocycles. The Bertz CT molecular complexity index is 1280. The average Bonchev–Trinajstić information content (AvgIpc) is 2.72. The second-order valence-corrected chi connectivity index (χ2v) is 8.24. The van der Waals surface area contributed by atoms with E-state index in [1.807, 2.05) is 13.8 Å². The van der Waals surface area contributed by atoms with Crippen LogP contribution in [-0.4, -0.2) is 39.8 Å². The summed E-state index contributed by atoms with van der Waals surface area (Å²) in [4.78, 5) is 30.3. The molecule has 7 nitrogen and oxygen atoms in total. The lowest BCUT2D eigenvalue weighted by molar-refractivity contribution is 0.0695. The van der Waals surface area contributed by atoms with E-state index >= 15 is 4.39 Å². The number of piperidine rings is 1. The summed E-state index contributed by atoms with van der Waals surface area (Å²) in [6, 6.07) is 3.55. The molecule has 0 aliphatic carbocycles. The van der Waals surface area contributed by atoms with Crippen molar-refractivity contribution < 1.29 is 23.1 Å². The van der Waals surface area contributed by atoms with Crippen LogP contribution in [0.3, 0.4) is 0 Å². The number of nitrogens with two attached hydrogens (primary N) is 1. The molecule has 0 radical (unpaired) electrons. The van der Waals surface area contributed by atoms with Crippen molar-refractivity contribution in [1.29, 1.82) is 0 Å². The molecule has 0 bridgehead atoms. The van der Waals surface area contributed by atoms with Gasteiger partial charge in [0.2, 0.25) is 5.43 Å². The Balaban J connectivity index is 2.00. The van der Waals surface area contributed by atoms with E-state index < -0.39 is 34.4 Å². The normalized spacial score (nSPS) is 21.2. The monoisotopic (exact) mass is 446 g/mol. The van der Waals surface area contributed by atoms with Gasteiger partial charge in [-0.05, 0) is 30.0 Å². The van der Waals surface area contributed by atoms with Gasteiger partial charge in [-0.15, -0.1) is 0 Å². The molecule has 32 heavy (non-hydrogen) atoms. The number of pyridine rings is 2. The fourth-order valence-electron chi connectivity index (χ4n) is 4.20. The van der Waals surface area contributed by atoms with Crippen molar-refractivity contribution in [2.75, 3.05) is 18.0 Å². The first-order chi connectivity index (χ1) is 15.1. The first kappa shape index (κ1) is 21.8. The zero-order chi connectivity index (χ0) is 23.3. The summed E-state index contributed by atoms with van der Waals surface area (Å²) < 4.78 is 44.1. The maximum absolute atomic E-state index is 15.1. The van der Waals surface area contributed by atoms with Crippen LogP contribution in [0, 0.1) is 29.3 Å². The second-order valence-electron chi connectivity index (χ2n) is 8.24. The minimum absolute atomic E-state index is 0.0433. The number of hydrogen-bond acceptors (Lipinski definition) is 5. The lowest BCUT2D eigenvalue weighted by Gasteiger charge is -2.40. The van der Waals surface area contributed by atoms with E-state index in [0.29, 0.717) is 19.2 Å². The number of carbonyl (C=O) groups is 1. The van der Waals surface area contributed by atoms with Crippen molar-refractivity contribution in [2.45, 2.75) is 19.9 Å². The third-order valence-electron chi connectivity index (χ3n) is 5.94. The maximum Gasteiger partial charge on any atom is 0.341 e. The first-order valence-electron chi connectivity index (χ1n) is 10.0. The van der Waals surface area contributed by atoms with E-state index in [-0.39, 0.29) is 40.4 Å². The summed E-state index contributed by atoms with van der Waals surface area (Å²) in [5.41, 5.74) is 4.15. The van der Waals surface area contributed by atoms with Crippen molar-refractivity contribution in [3.05, 3.63) is 63.7 Å². The number of anilines is 1. The van der Waals surface area contributed by atoms with Gasteiger partial charge in [0.15, 0.2) is 17.3 Å². The highest BCUT2D eigenvalue weighted by atomic mass is 19.1. The van der Waals surface area contributed by atoms with Gasteiger partial charge in [0.1, 0.15) is 17.2 Å². The molecular formula is C22H21F3N4O3. The van der Waals surface area contributed by atoms with Crippen molar-refractivity contribution in [3.8, 4) is 5.69 Å². The molecule has 0 spiro atoms. The van der Waals surface area contributed by atoms with Gasteiger partial charge in [-0.2, -0.15) is 0 Å². The Morgan fingerprint density at radius 3 is 2.38 bits per heavy atom. The number of aromatic carboxylic acids is 1. The van der Waals surface area contributed by atoms with Gasteiger partial charge < -0.3 is 15.7 Å². The fourth-order valence-corrected chi connectivity index (χ4v) is 4.20. The van der Waals surface area contributed by atoms with Crippen LogP contribution in [0.25, 0.3) is 16.7 Å². The largest absolute Gasteiger partial charge is 0.477 e. The van der Waals surface area contributed by atoms with Crippen molar-refractivity contribution in [3.63, 3.8) is 0 Å². The van der Waals surface area contributed by atoms with Gasteiger partial charge in [-0.3, -0.25) is 9.36 Å². The highest BCUT2D eigenvalue weighted by molar-refractivity contribution is 5.92. The van der Waals surface area contributed by atoms with Crippen molar-refractivity contribution in [1.82, 2.24) is 9.55 Å². The molecule has 10 heteroatoms. The first-order valence-corrected chi connectivity index (χ1v) is 10.0. The Labute approximate surface area is 180 Å². The molecule has 168 valence electrons. The lowest BCUT2D eigenvalue weighted by Crippen LogP contribution is -2.52. The molecule has 1 aromatic carbocycles. The number of halogens is 3. The van der Waals surface area contributed by atoms with E-state index in [0.717, 1.165) is 29.0 Å². The zero-order valence-electron chi connectivity index (χ0n) is 17.3. The van der Waals surface area contributed by atoms with Gasteiger partial charge in [0.25, 0.3) is 0 Å².